The van der Waals surface area contributed by atoms with Crippen molar-refractivity contribution in [1.82, 2.24) is 9.53 Å². The van der Waals surface area contributed by atoms with Crippen LogP contribution in [0.4, 0.5) is 21.0 Å². The van der Waals surface area contributed by atoms with Gasteiger partial charge in [-0.2, -0.15) is 0 Å². The van der Waals surface area contributed by atoms with E-state index >= 15 is 0 Å². The molecular formula is C4H12F5N4P3. The summed E-state index contributed by atoms with van der Waals surface area (Å²) in [5, 5.41) is 0. The summed E-state index contributed by atoms with van der Waals surface area (Å²) in [7, 11) is -15.8. The summed E-state index contributed by atoms with van der Waals surface area (Å²) in [5.41, 5.74) is 0. The van der Waals surface area contributed by atoms with Gasteiger partial charge in [0.05, 0.1) is 0 Å². The molecule has 0 saturated carbocycles. The predicted octanol–water partition coefficient (Wildman–Crippen LogP) is 5.08. The molecule has 4 nitrogen and oxygen atoms in total. The summed E-state index contributed by atoms with van der Waals surface area (Å²) in [6, 6.07) is 0. The zero-order chi connectivity index (χ0) is 12.6. The van der Waals surface area contributed by atoms with Gasteiger partial charge < -0.3 is 0 Å². The molecule has 16 heavy (non-hydrogen) atoms. The molecule has 98 valence electrons. The number of nitrogens with zero attached hydrogens (tertiary/aromatic N) is 3. The summed E-state index contributed by atoms with van der Waals surface area (Å²) in [6.45, 7) is 2.99. The first kappa shape index (κ1) is 14.5. The number of halogens is 5. The zero-order valence-corrected chi connectivity index (χ0v) is 11.3. The van der Waals surface area contributed by atoms with E-state index in [1.807, 2.05) is 0 Å². The molecule has 1 aliphatic heterocycles. The summed E-state index contributed by atoms with van der Waals surface area (Å²) >= 11 is 0. The van der Waals surface area contributed by atoms with Crippen LogP contribution < -0.4 is 4.86 Å². The monoisotopic (exact) mass is 304 g/mol. The van der Waals surface area contributed by atoms with Gasteiger partial charge in [0.2, 0.25) is 0 Å². The zero-order valence-electron chi connectivity index (χ0n) is 8.54. The molecule has 0 aromatic rings. The Bertz CT molecular complexity index is 374. The first-order valence-electron chi connectivity index (χ1n) is 4.43. The van der Waals surface area contributed by atoms with Crippen LogP contribution in [0, 0.1) is 0 Å². The van der Waals surface area contributed by atoms with Crippen LogP contribution >= 0.6 is 23.7 Å². The Kier molecular flexibility index (Phi) is 4.19. The van der Waals surface area contributed by atoms with Crippen LogP contribution in [-0.4, -0.2) is 17.8 Å². The minimum atomic E-state index is -5.74. The predicted molar refractivity (Wildman–Crippen MR) is 58.6 cm³/mol. The molecule has 0 spiro atoms. The average molecular weight is 304 g/mol. The third kappa shape index (κ3) is 3.23. The van der Waals surface area contributed by atoms with E-state index in [1.165, 1.54) is 13.8 Å². The molecule has 0 bridgehead atoms. The van der Waals surface area contributed by atoms with Gasteiger partial charge in [-0.05, 0) is 0 Å². The topological polar surface area (TPSA) is 40.0 Å². The maximum atomic E-state index is 14.0. The molecule has 0 aromatic heterocycles. The third-order valence-electron chi connectivity index (χ3n) is 1.84. The summed E-state index contributed by atoms with van der Waals surface area (Å²) < 4.78 is 71.8. The van der Waals surface area contributed by atoms with Crippen molar-refractivity contribution in [3.8, 4) is 0 Å². The average Bonchev–Trinajstić information content (AvgIpc) is 1.97. The van der Waals surface area contributed by atoms with E-state index in [4.69, 9.17) is 0 Å². The van der Waals surface area contributed by atoms with E-state index in [0.717, 1.165) is 9.53 Å². The normalized spacial score (nSPS) is 34.0. The molecule has 12 heteroatoms. The molecule has 1 atom stereocenters. The van der Waals surface area contributed by atoms with Crippen molar-refractivity contribution in [2.45, 2.75) is 13.8 Å². The van der Waals surface area contributed by atoms with Crippen molar-refractivity contribution < 1.29 is 21.0 Å². The molecule has 1 aliphatic rings. The summed E-state index contributed by atoms with van der Waals surface area (Å²) in [5.74, 6) is 0. The van der Waals surface area contributed by atoms with Crippen molar-refractivity contribution in [2.75, 3.05) is 13.1 Å². The van der Waals surface area contributed by atoms with Gasteiger partial charge in [0.15, 0.2) is 0 Å². The molecule has 0 fully saturated rings. The van der Waals surface area contributed by atoms with Gasteiger partial charge in [0.1, 0.15) is 0 Å². The van der Waals surface area contributed by atoms with Crippen LogP contribution in [0.3, 0.4) is 0 Å². The summed E-state index contributed by atoms with van der Waals surface area (Å²) in [4.78, 5) is 0.801. The van der Waals surface area contributed by atoms with Gasteiger partial charge in [-0.25, -0.2) is 0 Å². The molecule has 0 aliphatic carbocycles. The molecule has 1 unspecified atom stereocenters. The second-order valence-corrected chi connectivity index (χ2v) is 8.98. The van der Waals surface area contributed by atoms with Crippen LogP contribution in [0.2, 0.25) is 0 Å². The maximum absolute atomic E-state index is 14.0. The van der Waals surface area contributed by atoms with Gasteiger partial charge in [0.25, 0.3) is 0 Å². The Morgan fingerprint density at radius 1 is 1.19 bits per heavy atom. The van der Waals surface area contributed by atoms with Gasteiger partial charge in [0, 0.05) is 0 Å². The molecule has 1 rings (SSSR count). The van der Waals surface area contributed by atoms with Crippen LogP contribution in [0.25, 0.3) is 0 Å². The van der Waals surface area contributed by atoms with E-state index in [1.54, 1.807) is 0 Å². The van der Waals surface area contributed by atoms with Crippen LogP contribution in [-0.2, 0) is 0 Å². The number of hydrogen-bond donors (Lipinski definition) is 1. The van der Waals surface area contributed by atoms with Gasteiger partial charge in [-0.15, -0.1) is 0 Å². The molecule has 1 heterocycles. The van der Waals surface area contributed by atoms with Gasteiger partial charge in [-0.1, -0.05) is 0 Å². The van der Waals surface area contributed by atoms with E-state index in [2.05, 4.69) is 9.03 Å². The van der Waals surface area contributed by atoms with E-state index in [0.29, 0.717) is 0 Å². The van der Waals surface area contributed by atoms with Crippen molar-refractivity contribution in [3.05, 3.63) is 0 Å². The molecule has 0 radical (unpaired) electrons. The first-order chi connectivity index (χ1) is 7.14. The summed E-state index contributed by atoms with van der Waals surface area (Å²) in [6.07, 6.45) is 0. The molecule has 0 saturated heterocycles. The Balaban J connectivity index is 3.29. The molecular weight excluding hydrogens is 292 g/mol. The van der Waals surface area contributed by atoms with E-state index < -0.39 is 23.7 Å². The van der Waals surface area contributed by atoms with Crippen LogP contribution in [0.5, 0.6) is 0 Å². The Hall–Kier alpha value is 0.460. The fourth-order valence-corrected chi connectivity index (χ4v) is 8.31. The second kappa shape index (κ2) is 4.62. The van der Waals surface area contributed by atoms with Crippen molar-refractivity contribution >= 4 is 23.7 Å². The third-order valence-corrected chi connectivity index (χ3v) is 9.11. The minimum absolute atomic E-state index is 0.0122. The molecule has 1 N–H and O–H groups in total. The second-order valence-electron chi connectivity index (χ2n) is 2.96. The van der Waals surface area contributed by atoms with Crippen molar-refractivity contribution in [2.24, 2.45) is 9.03 Å². The number of hydrogen-bond acceptors (Lipinski definition) is 4. The molecule has 0 aromatic carbocycles. The quantitative estimate of drug-likeness (QED) is 0.583. The van der Waals surface area contributed by atoms with Crippen molar-refractivity contribution in [1.29, 1.82) is 0 Å². The Morgan fingerprint density at radius 3 is 2.06 bits per heavy atom. The fraction of sp³-hybridized carbons (Fsp3) is 1.00. The number of nitrogens with one attached hydrogen (secondary N) is 1. The first-order valence-corrected chi connectivity index (χ1v) is 9.19. The van der Waals surface area contributed by atoms with E-state index in [-0.39, 0.29) is 13.1 Å². The van der Waals surface area contributed by atoms with Gasteiger partial charge >= 0.3 is 90.2 Å². The Morgan fingerprint density at radius 2 is 1.69 bits per heavy atom. The fourth-order valence-electron chi connectivity index (χ4n) is 1.23. The van der Waals surface area contributed by atoms with Crippen LogP contribution in [0.1, 0.15) is 13.8 Å². The van der Waals surface area contributed by atoms with E-state index in [9.17, 15) is 21.0 Å². The van der Waals surface area contributed by atoms with Crippen LogP contribution in [0.15, 0.2) is 9.03 Å². The molecule has 0 amide bonds. The Labute approximate surface area is 90.9 Å². The standard InChI is InChI=1S/C4H12F5N4P3/c1-3-13(4-2)16(9)11-14(5,6)10-15(7,8)12-16/h10,14H,3-4H2,1-2H3. The van der Waals surface area contributed by atoms with Crippen molar-refractivity contribution in [3.63, 3.8) is 0 Å². The van der Waals surface area contributed by atoms with Gasteiger partial charge in [-0.3, -0.25) is 0 Å². The SMILES string of the molecule is CCN(CC)P1(F)=N[PH](F)(F)NP(F)(F)=N1. The number of rotatable bonds is 3.